The molecule has 2 atom stereocenters. The lowest BCUT2D eigenvalue weighted by Crippen LogP contribution is -2.48. The van der Waals surface area contributed by atoms with Gasteiger partial charge < -0.3 is 20.1 Å². The van der Waals surface area contributed by atoms with E-state index in [-0.39, 0.29) is 24.6 Å². The van der Waals surface area contributed by atoms with Gasteiger partial charge in [0.1, 0.15) is 5.75 Å². The number of benzene rings is 1. The summed E-state index contributed by atoms with van der Waals surface area (Å²) in [6.45, 7) is 3.02. The molecule has 1 aromatic carbocycles. The number of aliphatic hydroxyl groups excluding tert-OH is 1. The zero-order valence-corrected chi connectivity index (χ0v) is 12.3. The summed E-state index contributed by atoms with van der Waals surface area (Å²) < 4.78 is 5.68. The predicted molar refractivity (Wildman–Crippen MR) is 79.5 cm³/mol. The molecule has 0 radical (unpaired) electrons. The fraction of sp³-hybridized carbons (Fsp3) is 0.562. The largest absolute Gasteiger partial charge is 0.493 e. The molecule has 2 N–H and O–H groups in total. The zero-order valence-electron chi connectivity index (χ0n) is 12.3. The summed E-state index contributed by atoms with van der Waals surface area (Å²) in [7, 11) is 0. The number of carbonyl (C=O) groups is 1. The van der Waals surface area contributed by atoms with Crippen molar-refractivity contribution < 1.29 is 14.6 Å². The van der Waals surface area contributed by atoms with Crippen LogP contribution in [0.2, 0.25) is 0 Å². The van der Waals surface area contributed by atoms with Crippen LogP contribution in [-0.2, 0) is 0 Å². The van der Waals surface area contributed by atoms with Gasteiger partial charge >= 0.3 is 6.03 Å². The molecule has 2 unspecified atom stereocenters. The van der Waals surface area contributed by atoms with E-state index in [2.05, 4.69) is 11.4 Å². The summed E-state index contributed by atoms with van der Waals surface area (Å²) in [5, 5.41) is 12.2. The predicted octanol–water partition coefficient (Wildman–Crippen LogP) is 1.72. The Labute approximate surface area is 124 Å². The van der Waals surface area contributed by atoms with Gasteiger partial charge in [0.25, 0.3) is 0 Å². The van der Waals surface area contributed by atoms with Gasteiger partial charge in [-0.1, -0.05) is 18.2 Å². The number of nitrogens with zero attached hydrogens (tertiary/aromatic N) is 1. The maximum atomic E-state index is 12.4. The Morgan fingerprint density at radius 3 is 2.95 bits per heavy atom. The minimum absolute atomic E-state index is 0.00101. The summed E-state index contributed by atoms with van der Waals surface area (Å²) in [4.78, 5) is 14.1. The topological polar surface area (TPSA) is 61.8 Å². The van der Waals surface area contributed by atoms with Crippen molar-refractivity contribution in [2.24, 2.45) is 0 Å². The molecule has 0 aromatic heterocycles. The van der Waals surface area contributed by atoms with Crippen molar-refractivity contribution in [2.75, 3.05) is 19.8 Å². The first-order valence-electron chi connectivity index (χ1n) is 7.60. The average molecular weight is 290 g/mol. The highest BCUT2D eigenvalue weighted by Crippen LogP contribution is 2.35. The van der Waals surface area contributed by atoms with Crippen LogP contribution in [0.1, 0.15) is 31.2 Å². The van der Waals surface area contributed by atoms with E-state index in [1.54, 1.807) is 4.90 Å². The molecule has 5 heteroatoms. The molecule has 3 rings (SSSR count). The summed E-state index contributed by atoms with van der Waals surface area (Å²) in [6, 6.07) is 8.20. The first kappa shape index (κ1) is 14.2. The highest BCUT2D eigenvalue weighted by Gasteiger charge is 2.35. The lowest BCUT2D eigenvalue weighted by molar-refractivity contribution is 0.168. The van der Waals surface area contributed by atoms with E-state index in [0.29, 0.717) is 19.2 Å². The monoisotopic (exact) mass is 290 g/mol. The van der Waals surface area contributed by atoms with Crippen molar-refractivity contribution in [1.29, 1.82) is 0 Å². The Morgan fingerprint density at radius 2 is 2.24 bits per heavy atom. The van der Waals surface area contributed by atoms with Crippen LogP contribution in [-0.4, -0.2) is 47.9 Å². The van der Waals surface area contributed by atoms with Gasteiger partial charge in [0.2, 0.25) is 0 Å². The van der Waals surface area contributed by atoms with Crippen LogP contribution < -0.4 is 10.1 Å². The Balaban J connectivity index is 1.64. The summed E-state index contributed by atoms with van der Waals surface area (Å²) in [6.07, 6.45) is 2.08. The zero-order chi connectivity index (χ0) is 14.8. The molecule has 1 saturated carbocycles. The molecule has 1 fully saturated rings. The van der Waals surface area contributed by atoms with Crippen LogP contribution in [0.3, 0.4) is 0 Å². The van der Waals surface area contributed by atoms with Gasteiger partial charge in [-0.05, 0) is 25.8 Å². The molecule has 114 valence electrons. The van der Waals surface area contributed by atoms with Crippen molar-refractivity contribution in [3.05, 3.63) is 29.8 Å². The Bertz CT molecular complexity index is 516. The first-order valence-corrected chi connectivity index (χ1v) is 7.60. The SMILES string of the molecule is CC(NC(=O)N(CCO)C1CC1)C1COc2ccccc21. The second kappa shape index (κ2) is 5.93. The number of urea groups is 1. The van der Waals surface area contributed by atoms with Crippen molar-refractivity contribution in [1.82, 2.24) is 10.2 Å². The van der Waals surface area contributed by atoms with Crippen molar-refractivity contribution in [3.8, 4) is 5.75 Å². The number of hydrogen-bond acceptors (Lipinski definition) is 3. The highest BCUT2D eigenvalue weighted by atomic mass is 16.5. The number of para-hydroxylation sites is 1. The Kier molecular flexibility index (Phi) is 4.01. The van der Waals surface area contributed by atoms with Crippen LogP contribution in [0.5, 0.6) is 5.75 Å². The van der Waals surface area contributed by atoms with E-state index in [1.807, 2.05) is 25.1 Å². The summed E-state index contributed by atoms with van der Waals surface area (Å²) in [5.41, 5.74) is 1.16. The minimum atomic E-state index is -0.0802. The number of nitrogens with one attached hydrogen (secondary N) is 1. The number of hydrogen-bond donors (Lipinski definition) is 2. The molecule has 5 nitrogen and oxygen atoms in total. The normalized spacial score (nSPS) is 21.3. The maximum Gasteiger partial charge on any atom is 0.317 e. The fourth-order valence-corrected chi connectivity index (χ4v) is 2.92. The van der Waals surface area contributed by atoms with E-state index < -0.39 is 0 Å². The van der Waals surface area contributed by atoms with Gasteiger partial charge in [-0.15, -0.1) is 0 Å². The Morgan fingerprint density at radius 1 is 1.48 bits per heavy atom. The van der Waals surface area contributed by atoms with Crippen LogP contribution in [0.15, 0.2) is 24.3 Å². The maximum absolute atomic E-state index is 12.4. The minimum Gasteiger partial charge on any atom is -0.493 e. The molecular formula is C16H22N2O3. The van der Waals surface area contributed by atoms with Gasteiger partial charge in [-0.3, -0.25) is 0 Å². The van der Waals surface area contributed by atoms with Gasteiger partial charge in [0.05, 0.1) is 13.2 Å². The fourth-order valence-electron chi connectivity index (χ4n) is 2.92. The quantitative estimate of drug-likeness (QED) is 0.868. The van der Waals surface area contributed by atoms with E-state index in [1.165, 1.54) is 0 Å². The van der Waals surface area contributed by atoms with E-state index in [9.17, 15) is 4.79 Å². The third-order valence-electron chi connectivity index (χ3n) is 4.28. The molecule has 1 aliphatic heterocycles. The van der Waals surface area contributed by atoms with Crippen molar-refractivity contribution in [3.63, 3.8) is 0 Å². The standard InChI is InChI=1S/C16H22N2O3/c1-11(14-10-21-15-5-3-2-4-13(14)15)17-16(20)18(8-9-19)12-6-7-12/h2-5,11-12,14,19H,6-10H2,1H3,(H,17,20). The van der Waals surface area contributed by atoms with Crippen LogP contribution in [0.25, 0.3) is 0 Å². The van der Waals surface area contributed by atoms with Crippen molar-refractivity contribution in [2.45, 2.75) is 37.8 Å². The number of rotatable bonds is 5. The van der Waals surface area contributed by atoms with Gasteiger partial charge in [-0.25, -0.2) is 4.79 Å². The van der Waals surface area contributed by atoms with Gasteiger partial charge in [0.15, 0.2) is 0 Å². The molecule has 1 aromatic rings. The van der Waals surface area contributed by atoms with Crippen molar-refractivity contribution >= 4 is 6.03 Å². The molecule has 0 saturated heterocycles. The van der Waals surface area contributed by atoms with Crippen LogP contribution in [0, 0.1) is 0 Å². The smallest absolute Gasteiger partial charge is 0.317 e. The molecule has 0 spiro atoms. The number of amides is 2. The molecule has 2 amide bonds. The second-order valence-electron chi connectivity index (χ2n) is 5.84. The molecule has 2 aliphatic rings. The lowest BCUT2D eigenvalue weighted by atomic mass is 9.94. The average Bonchev–Trinajstić information content (AvgIpc) is 3.22. The van der Waals surface area contributed by atoms with E-state index >= 15 is 0 Å². The van der Waals surface area contributed by atoms with Gasteiger partial charge in [0, 0.05) is 30.1 Å². The molecule has 1 aliphatic carbocycles. The number of aliphatic hydroxyl groups is 1. The number of fused-ring (bicyclic) bond motifs is 1. The van der Waals surface area contributed by atoms with Crippen LogP contribution >= 0.6 is 0 Å². The van der Waals surface area contributed by atoms with Gasteiger partial charge in [-0.2, -0.15) is 0 Å². The van der Waals surface area contributed by atoms with E-state index in [4.69, 9.17) is 9.84 Å². The first-order chi connectivity index (χ1) is 10.2. The molecule has 0 bridgehead atoms. The third-order valence-corrected chi connectivity index (χ3v) is 4.28. The third kappa shape index (κ3) is 2.97. The Hall–Kier alpha value is -1.75. The summed E-state index contributed by atoms with van der Waals surface area (Å²) in [5.74, 6) is 1.10. The summed E-state index contributed by atoms with van der Waals surface area (Å²) >= 11 is 0. The lowest BCUT2D eigenvalue weighted by Gasteiger charge is -2.26. The van der Waals surface area contributed by atoms with Crippen LogP contribution in [0.4, 0.5) is 4.79 Å². The second-order valence-corrected chi connectivity index (χ2v) is 5.84. The molecule has 1 heterocycles. The highest BCUT2D eigenvalue weighted by molar-refractivity contribution is 5.75. The molecular weight excluding hydrogens is 268 g/mol. The number of carbonyl (C=O) groups excluding carboxylic acids is 1. The molecule has 21 heavy (non-hydrogen) atoms. The number of ether oxygens (including phenoxy) is 1. The van der Waals surface area contributed by atoms with E-state index in [0.717, 1.165) is 24.2 Å².